The van der Waals surface area contributed by atoms with Crippen LogP contribution >= 0.6 is 0 Å². The average molecular weight is 528 g/mol. The molecule has 0 aromatic heterocycles. The van der Waals surface area contributed by atoms with Crippen LogP contribution in [0.25, 0.3) is 0 Å². The van der Waals surface area contributed by atoms with Gasteiger partial charge in [0.05, 0.1) is 0 Å². The summed E-state index contributed by atoms with van der Waals surface area (Å²) in [5.74, 6) is 0. The Morgan fingerprint density at radius 2 is 1.16 bits per heavy atom. The molecule has 1 rings (SSSR count). The number of amides is 2. The molecule has 0 bridgehead atoms. The van der Waals surface area contributed by atoms with Crippen molar-refractivity contribution in [3.05, 3.63) is 0 Å². The van der Waals surface area contributed by atoms with Gasteiger partial charge in [0.1, 0.15) is 19.3 Å². The zero-order valence-electron chi connectivity index (χ0n) is 24.3. The van der Waals surface area contributed by atoms with Gasteiger partial charge in [-0.1, -0.05) is 103 Å². The van der Waals surface area contributed by atoms with Crippen molar-refractivity contribution in [3.63, 3.8) is 0 Å². The molecule has 0 aliphatic carbocycles. The van der Waals surface area contributed by atoms with Crippen LogP contribution in [0.2, 0.25) is 0 Å². The number of nitrogens with one attached hydrogen (secondary N) is 1. The summed E-state index contributed by atoms with van der Waals surface area (Å²) in [6.07, 6.45) is 20.0. The standard InChI is InChI=1S/C29H57N3O5/c1-4-5-6-7-8-9-10-11-12-13-14-15-16-17-18-19-20-30-28(33)36-25-27(35-3)26-37-29(34)32-23-21-31(2)22-24-32/h27H,4-26H2,1-3H3,(H,30,33). The maximum atomic E-state index is 12.2. The summed E-state index contributed by atoms with van der Waals surface area (Å²) in [6, 6.07) is 0. The predicted octanol–water partition coefficient (Wildman–Crippen LogP) is 6.37. The third kappa shape index (κ3) is 19.2. The van der Waals surface area contributed by atoms with Crippen LogP contribution in [0.3, 0.4) is 0 Å². The van der Waals surface area contributed by atoms with Gasteiger partial charge in [-0.2, -0.15) is 0 Å². The highest BCUT2D eigenvalue weighted by Gasteiger charge is 2.22. The Hall–Kier alpha value is -1.54. The quantitative estimate of drug-likeness (QED) is 0.165. The monoisotopic (exact) mass is 527 g/mol. The Labute approximate surface area is 227 Å². The summed E-state index contributed by atoms with van der Waals surface area (Å²) >= 11 is 0. The van der Waals surface area contributed by atoms with E-state index in [1.165, 1.54) is 97.0 Å². The fraction of sp³-hybridized carbons (Fsp3) is 0.931. The number of hydrogen-bond acceptors (Lipinski definition) is 6. The van der Waals surface area contributed by atoms with Crippen LogP contribution in [-0.4, -0.2) is 88.2 Å². The normalized spacial score (nSPS) is 14.9. The minimum atomic E-state index is -0.474. The number of carbonyl (C=O) groups is 2. The smallest absolute Gasteiger partial charge is 0.409 e. The molecule has 8 nitrogen and oxygen atoms in total. The first-order valence-corrected chi connectivity index (χ1v) is 15.1. The van der Waals surface area contributed by atoms with Gasteiger partial charge in [-0.25, -0.2) is 9.59 Å². The van der Waals surface area contributed by atoms with Gasteiger partial charge in [-0.05, 0) is 13.5 Å². The highest BCUT2D eigenvalue weighted by Crippen LogP contribution is 2.13. The summed E-state index contributed by atoms with van der Waals surface area (Å²) in [5, 5.41) is 2.80. The molecule has 1 atom stereocenters. The number of unbranched alkanes of at least 4 members (excludes halogenated alkanes) is 15. The Morgan fingerprint density at radius 3 is 1.65 bits per heavy atom. The lowest BCUT2D eigenvalue weighted by molar-refractivity contribution is -0.0134. The summed E-state index contributed by atoms with van der Waals surface area (Å²) in [5.41, 5.74) is 0. The summed E-state index contributed by atoms with van der Waals surface area (Å²) in [7, 11) is 3.55. The first kappa shape index (κ1) is 33.5. The second-order valence-electron chi connectivity index (χ2n) is 10.6. The minimum absolute atomic E-state index is 0.0529. The molecule has 2 amide bonds. The van der Waals surface area contributed by atoms with Crippen molar-refractivity contribution < 1.29 is 23.8 Å². The van der Waals surface area contributed by atoms with Crippen molar-refractivity contribution in [2.24, 2.45) is 0 Å². The van der Waals surface area contributed by atoms with E-state index in [4.69, 9.17) is 14.2 Å². The Kier molecular flexibility index (Phi) is 21.3. The van der Waals surface area contributed by atoms with Crippen molar-refractivity contribution >= 4 is 12.2 Å². The SMILES string of the molecule is CCCCCCCCCCCCCCCCCCNC(=O)OCC(COC(=O)N1CCN(C)CC1)OC. The topological polar surface area (TPSA) is 80.3 Å². The van der Waals surface area contributed by atoms with E-state index in [1.54, 1.807) is 4.90 Å². The Morgan fingerprint density at radius 1 is 0.703 bits per heavy atom. The first-order valence-electron chi connectivity index (χ1n) is 15.1. The zero-order valence-corrected chi connectivity index (χ0v) is 24.3. The molecular formula is C29H57N3O5. The van der Waals surface area contributed by atoms with Crippen LogP contribution < -0.4 is 5.32 Å². The molecule has 0 spiro atoms. The molecule has 37 heavy (non-hydrogen) atoms. The van der Waals surface area contributed by atoms with Crippen LogP contribution in [0.15, 0.2) is 0 Å². The van der Waals surface area contributed by atoms with Crippen molar-refractivity contribution in [1.29, 1.82) is 0 Å². The number of likely N-dealkylation sites (N-methyl/N-ethyl adjacent to an activating group) is 1. The number of ether oxygens (including phenoxy) is 3. The lowest BCUT2D eigenvalue weighted by Crippen LogP contribution is -2.47. The minimum Gasteiger partial charge on any atom is -0.447 e. The van der Waals surface area contributed by atoms with Gasteiger partial charge < -0.3 is 29.3 Å². The molecule has 8 heteroatoms. The van der Waals surface area contributed by atoms with E-state index in [1.807, 2.05) is 7.05 Å². The number of rotatable bonds is 22. The highest BCUT2D eigenvalue weighted by atomic mass is 16.6. The molecule has 0 aromatic rings. The van der Waals surface area contributed by atoms with Crippen molar-refractivity contribution in [2.75, 3.05) is 60.1 Å². The van der Waals surface area contributed by atoms with Gasteiger partial charge >= 0.3 is 12.2 Å². The van der Waals surface area contributed by atoms with Gasteiger partial charge in [0.2, 0.25) is 0 Å². The molecular weight excluding hydrogens is 470 g/mol. The van der Waals surface area contributed by atoms with Crippen molar-refractivity contribution in [3.8, 4) is 0 Å². The molecule has 218 valence electrons. The summed E-state index contributed by atoms with van der Waals surface area (Å²) < 4.78 is 15.8. The molecule has 1 N–H and O–H groups in total. The van der Waals surface area contributed by atoms with E-state index in [2.05, 4.69) is 17.1 Å². The van der Waals surface area contributed by atoms with E-state index >= 15 is 0 Å². The number of hydrogen-bond donors (Lipinski definition) is 1. The lowest BCUT2D eigenvalue weighted by atomic mass is 10.0. The average Bonchev–Trinajstić information content (AvgIpc) is 2.90. The van der Waals surface area contributed by atoms with Crippen molar-refractivity contribution in [1.82, 2.24) is 15.1 Å². The van der Waals surface area contributed by atoms with Gasteiger partial charge in [-0.3, -0.25) is 0 Å². The Balaban J connectivity index is 1.87. The van der Waals surface area contributed by atoms with Gasteiger partial charge in [0, 0.05) is 39.8 Å². The number of nitrogens with zero attached hydrogens (tertiary/aromatic N) is 2. The molecule has 1 aliphatic heterocycles. The second kappa shape index (κ2) is 23.6. The first-order chi connectivity index (χ1) is 18.1. The number of alkyl carbamates (subject to hydrolysis) is 1. The molecule has 1 unspecified atom stereocenters. The molecule has 1 saturated heterocycles. The van der Waals surface area contributed by atoms with E-state index in [0.29, 0.717) is 19.6 Å². The summed E-state index contributed by atoms with van der Waals surface area (Å²) in [4.78, 5) is 28.0. The number of methoxy groups -OCH3 is 1. The van der Waals surface area contributed by atoms with E-state index in [9.17, 15) is 9.59 Å². The van der Waals surface area contributed by atoms with Gasteiger partial charge in [0.15, 0.2) is 0 Å². The van der Waals surface area contributed by atoms with E-state index in [-0.39, 0.29) is 19.3 Å². The summed E-state index contributed by atoms with van der Waals surface area (Å²) in [6.45, 7) is 6.00. The lowest BCUT2D eigenvalue weighted by Gasteiger charge is -2.31. The maximum Gasteiger partial charge on any atom is 0.409 e. The van der Waals surface area contributed by atoms with Crippen LogP contribution in [0.1, 0.15) is 110 Å². The molecule has 0 aromatic carbocycles. The molecule has 1 fully saturated rings. The molecule has 0 radical (unpaired) electrons. The number of piperazine rings is 1. The van der Waals surface area contributed by atoms with Crippen LogP contribution in [0, 0.1) is 0 Å². The third-order valence-electron chi connectivity index (χ3n) is 7.19. The predicted molar refractivity (Wildman–Crippen MR) is 150 cm³/mol. The fourth-order valence-corrected chi connectivity index (χ4v) is 4.51. The third-order valence-corrected chi connectivity index (χ3v) is 7.19. The zero-order chi connectivity index (χ0) is 27.0. The molecule has 0 saturated carbocycles. The van der Waals surface area contributed by atoms with Gasteiger partial charge in [-0.15, -0.1) is 0 Å². The second-order valence-corrected chi connectivity index (χ2v) is 10.6. The largest absolute Gasteiger partial charge is 0.447 e. The van der Waals surface area contributed by atoms with Crippen LogP contribution in [0.5, 0.6) is 0 Å². The highest BCUT2D eigenvalue weighted by molar-refractivity contribution is 5.68. The Bertz CT molecular complexity index is 556. The number of carbonyl (C=O) groups excluding carboxylic acids is 2. The molecule has 1 heterocycles. The van der Waals surface area contributed by atoms with Crippen LogP contribution in [0.4, 0.5) is 9.59 Å². The maximum absolute atomic E-state index is 12.2. The van der Waals surface area contributed by atoms with Crippen LogP contribution in [-0.2, 0) is 14.2 Å². The fourth-order valence-electron chi connectivity index (χ4n) is 4.51. The van der Waals surface area contributed by atoms with Crippen molar-refractivity contribution in [2.45, 2.75) is 116 Å². The van der Waals surface area contributed by atoms with E-state index < -0.39 is 12.2 Å². The van der Waals surface area contributed by atoms with E-state index in [0.717, 1.165) is 25.9 Å². The molecule has 1 aliphatic rings. The van der Waals surface area contributed by atoms with Gasteiger partial charge in [0.25, 0.3) is 0 Å².